The first-order valence-electron chi connectivity index (χ1n) is 11.3. The van der Waals surface area contributed by atoms with Crippen LogP contribution in [0.15, 0.2) is 6.07 Å². The fraction of sp³-hybridized carbons (Fsp3) is 0.708. The van der Waals surface area contributed by atoms with E-state index < -0.39 is 0 Å². The van der Waals surface area contributed by atoms with Crippen LogP contribution in [0.2, 0.25) is 0 Å². The number of morpholine rings is 1. The molecule has 1 fully saturated rings. The SMILES string of the molecule is CCCOc1cc(C)c2c(c1C)CC(C(C)C(=O)NCCN1CCOCC1)CC2. The lowest BCUT2D eigenvalue weighted by Gasteiger charge is -2.32. The first kappa shape index (κ1) is 22.1. The molecule has 1 aromatic rings. The normalized spacial score (nSPS) is 20.8. The monoisotopic (exact) mass is 402 g/mol. The highest BCUT2D eigenvalue weighted by molar-refractivity contribution is 5.78. The average molecular weight is 403 g/mol. The summed E-state index contributed by atoms with van der Waals surface area (Å²) in [7, 11) is 0. The predicted molar refractivity (Wildman–Crippen MR) is 117 cm³/mol. The van der Waals surface area contributed by atoms with Gasteiger partial charge in [-0.3, -0.25) is 9.69 Å². The summed E-state index contributed by atoms with van der Waals surface area (Å²) in [5.41, 5.74) is 5.49. The van der Waals surface area contributed by atoms with Crippen LogP contribution in [0.25, 0.3) is 0 Å². The molecule has 1 amide bonds. The van der Waals surface area contributed by atoms with E-state index in [1.165, 1.54) is 22.3 Å². The van der Waals surface area contributed by atoms with E-state index in [0.29, 0.717) is 5.92 Å². The molecule has 3 rings (SSSR count). The minimum atomic E-state index is 0.0350. The summed E-state index contributed by atoms with van der Waals surface area (Å²) in [4.78, 5) is 15.1. The maximum atomic E-state index is 12.8. The molecule has 0 saturated carbocycles. The first-order valence-corrected chi connectivity index (χ1v) is 11.3. The molecule has 0 aromatic heterocycles. The second-order valence-electron chi connectivity index (χ2n) is 8.66. The molecular formula is C24H38N2O3. The third kappa shape index (κ3) is 5.52. The number of ether oxygens (including phenoxy) is 2. The minimum absolute atomic E-state index is 0.0350. The molecule has 29 heavy (non-hydrogen) atoms. The second kappa shape index (κ2) is 10.4. The molecule has 1 saturated heterocycles. The Morgan fingerprint density at radius 3 is 2.79 bits per heavy atom. The summed E-state index contributed by atoms with van der Waals surface area (Å²) >= 11 is 0. The van der Waals surface area contributed by atoms with Gasteiger partial charge in [-0.1, -0.05) is 13.8 Å². The van der Waals surface area contributed by atoms with E-state index in [-0.39, 0.29) is 11.8 Å². The Hall–Kier alpha value is -1.59. The number of hydrogen-bond donors (Lipinski definition) is 1. The van der Waals surface area contributed by atoms with Gasteiger partial charge in [-0.25, -0.2) is 0 Å². The number of fused-ring (bicyclic) bond motifs is 1. The zero-order valence-electron chi connectivity index (χ0n) is 18.7. The molecule has 2 aliphatic rings. The van der Waals surface area contributed by atoms with Crippen molar-refractivity contribution in [3.8, 4) is 5.75 Å². The highest BCUT2D eigenvalue weighted by atomic mass is 16.5. The summed E-state index contributed by atoms with van der Waals surface area (Å²) < 4.78 is 11.4. The fourth-order valence-electron chi connectivity index (χ4n) is 4.65. The number of rotatable bonds is 8. The van der Waals surface area contributed by atoms with Crippen LogP contribution in [-0.2, 0) is 22.4 Å². The Kier molecular flexibility index (Phi) is 7.96. The van der Waals surface area contributed by atoms with Crippen molar-refractivity contribution in [2.24, 2.45) is 11.8 Å². The van der Waals surface area contributed by atoms with Crippen LogP contribution in [-0.4, -0.2) is 56.8 Å². The lowest BCUT2D eigenvalue weighted by atomic mass is 9.74. The standard InChI is InChI=1S/C24H38N2O3/c1-5-12-29-23-15-17(2)21-7-6-20(16-22(21)19(23)4)18(3)24(27)25-8-9-26-10-13-28-14-11-26/h15,18,20H,5-14,16H2,1-4H3,(H,25,27). The van der Waals surface area contributed by atoms with Crippen LogP contribution >= 0.6 is 0 Å². The van der Waals surface area contributed by atoms with Crippen molar-refractivity contribution in [1.29, 1.82) is 0 Å². The maximum Gasteiger partial charge on any atom is 0.223 e. The predicted octanol–water partition coefficient (Wildman–Crippen LogP) is 3.28. The quantitative estimate of drug-likeness (QED) is 0.725. The smallest absolute Gasteiger partial charge is 0.223 e. The number of nitrogens with one attached hydrogen (secondary N) is 1. The lowest BCUT2D eigenvalue weighted by Crippen LogP contribution is -2.43. The third-order valence-electron chi connectivity index (χ3n) is 6.65. The summed E-state index contributed by atoms with van der Waals surface area (Å²) in [5, 5.41) is 3.17. The number of hydrogen-bond acceptors (Lipinski definition) is 4. The van der Waals surface area contributed by atoms with Gasteiger partial charge in [0.15, 0.2) is 0 Å². The van der Waals surface area contributed by atoms with Gasteiger partial charge in [0.2, 0.25) is 5.91 Å². The van der Waals surface area contributed by atoms with Gasteiger partial charge in [0, 0.05) is 32.1 Å². The van der Waals surface area contributed by atoms with Gasteiger partial charge >= 0.3 is 0 Å². The van der Waals surface area contributed by atoms with Gasteiger partial charge in [0.25, 0.3) is 0 Å². The van der Waals surface area contributed by atoms with Crippen LogP contribution < -0.4 is 10.1 Å². The molecule has 162 valence electrons. The van der Waals surface area contributed by atoms with Crippen LogP contribution in [0.3, 0.4) is 0 Å². The Morgan fingerprint density at radius 1 is 1.31 bits per heavy atom. The maximum absolute atomic E-state index is 12.8. The van der Waals surface area contributed by atoms with Crippen LogP contribution in [0.5, 0.6) is 5.75 Å². The minimum Gasteiger partial charge on any atom is -0.493 e. The van der Waals surface area contributed by atoms with E-state index in [0.717, 1.165) is 77.4 Å². The zero-order valence-corrected chi connectivity index (χ0v) is 18.7. The molecule has 1 aliphatic carbocycles. The Balaban J connectivity index is 1.58. The Morgan fingerprint density at radius 2 is 2.07 bits per heavy atom. The average Bonchev–Trinajstić information content (AvgIpc) is 2.75. The number of aryl methyl sites for hydroxylation is 1. The highest BCUT2D eigenvalue weighted by Crippen LogP contribution is 2.37. The number of benzene rings is 1. The molecule has 0 bridgehead atoms. The molecule has 1 heterocycles. The Bertz CT molecular complexity index is 698. The van der Waals surface area contributed by atoms with Crippen molar-refractivity contribution in [2.75, 3.05) is 46.0 Å². The second-order valence-corrected chi connectivity index (χ2v) is 8.66. The Labute approximate surface area is 176 Å². The molecule has 1 aliphatic heterocycles. The number of carbonyl (C=O) groups excluding carboxylic acids is 1. The number of carbonyl (C=O) groups is 1. The van der Waals surface area contributed by atoms with Crippen LogP contribution in [0, 0.1) is 25.7 Å². The van der Waals surface area contributed by atoms with Gasteiger partial charge in [-0.2, -0.15) is 0 Å². The van der Waals surface area contributed by atoms with Crippen molar-refractivity contribution in [3.63, 3.8) is 0 Å². The van der Waals surface area contributed by atoms with Gasteiger partial charge < -0.3 is 14.8 Å². The summed E-state index contributed by atoms with van der Waals surface area (Å²) in [6.45, 7) is 14.5. The molecule has 2 atom stereocenters. The molecule has 1 aromatic carbocycles. The molecule has 1 N–H and O–H groups in total. The lowest BCUT2D eigenvalue weighted by molar-refractivity contribution is -0.126. The van der Waals surface area contributed by atoms with Gasteiger partial charge in [-0.05, 0) is 73.8 Å². The van der Waals surface area contributed by atoms with Crippen molar-refractivity contribution in [3.05, 3.63) is 28.3 Å². The number of amides is 1. The largest absolute Gasteiger partial charge is 0.493 e. The first-order chi connectivity index (χ1) is 14.0. The zero-order chi connectivity index (χ0) is 20.8. The number of nitrogens with zero attached hydrogens (tertiary/aromatic N) is 1. The molecule has 0 spiro atoms. The molecule has 5 nitrogen and oxygen atoms in total. The van der Waals surface area contributed by atoms with E-state index in [4.69, 9.17) is 9.47 Å². The van der Waals surface area contributed by atoms with Gasteiger partial charge in [0.05, 0.1) is 19.8 Å². The third-order valence-corrected chi connectivity index (χ3v) is 6.65. The fourth-order valence-corrected chi connectivity index (χ4v) is 4.65. The van der Waals surface area contributed by atoms with E-state index in [1.54, 1.807) is 0 Å². The van der Waals surface area contributed by atoms with Gasteiger partial charge in [-0.15, -0.1) is 0 Å². The van der Waals surface area contributed by atoms with Crippen molar-refractivity contribution in [1.82, 2.24) is 10.2 Å². The van der Waals surface area contributed by atoms with Crippen molar-refractivity contribution < 1.29 is 14.3 Å². The summed E-state index contributed by atoms with van der Waals surface area (Å²) in [5.74, 6) is 1.64. The molecule has 0 radical (unpaired) electrons. The summed E-state index contributed by atoms with van der Waals surface area (Å²) in [6, 6.07) is 2.20. The molecular weight excluding hydrogens is 364 g/mol. The van der Waals surface area contributed by atoms with E-state index in [2.05, 4.69) is 44.0 Å². The van der Waals surface area contributed by atoms with Crippen molar-refractivity contribution in [2.45, 2.75) is 53.4 Å². The van der Waals surface area contributed by atoms with E-state index in [1.807, 2.05) is 0 Å². The van der Waals surface area contributed by atoms with Crippen molar-refractivity contribution >= 4 is 5.91 Å². The van der Waals surface area contributed by atoms with E-state index >= 15 is 0 Å². The highest BCUT2D eigenvalue weighted by Gasteiger charge is 2.30. The van der Waals surface area contributed by atoms with Gasteiger partial charge in [0.1, 0.15) is 5.75 Å². The van der Waals surface area contributed by atoms with Crippen LogP contribution in [0.1, 0.15) is 48.9 Å². The van der Waals surface area contributed by atoms with Crippen LogP contribution in [0.4, 0.5) is 0 Å². The molecule has 2 unspecified atom stereocenters. The summed E-state index contributed by atoms with van der Waals surface area (Å²) in [6.07, 6.45) is 4.13. The molecule has 5 heteroatoms. The van der Waals surface area contributed by atoms with E-state index in [9.17, 15) is 4.79 Å². The topological polar surface area (TPSA) is 50.8 Å².